The van der Waals surface area contributed by atoms with Crippen LogP contribution in [0.2, 0.25) is 0 Å². The molecule has 0 aliphatic heterocycles. The van der Waals surface area contributed by atoms with Gasteiger partial charge in [0, 0.05) is 11.0 Å². The molecule has 0 N–H and O–H groups in total. The number of nitrogens with zero attached hydrogens (tertiary/aromatic N) is 2. The van der Waals surface area contributed by atoms with Gasteiger partial charge >= 0.3 is 0 Å². The van der Waals surface area contributed by atoms with Gasteiger partial charge in [0.25, 0.3) is 5.69 Å². The van der Waals surface area contributed by atoms with Crippen molar-refractivity contribution in [1.29, 1.82) is 5.26 Å². The van der Waals surface area contributed by atoms with Gasteiger partial charge in [0.15, 0.2) is 0 Å². The summed E-state index contributed by atoms with van der Waals surface area (Å²) >= 11 is 1.15. The predicted molar refractivity (Wildman–Crippen MR) is 68.3 cm³/mol. The van der Waals surface area contributed by atoms with Crippen molar-refractivity contribution < 1.29 is 9.31 Å². The third-order valence-electron chi connectivity index (χ3n) is 2.33. The van der Waals surface area contributed by atoms with E-state index in [0.717, 1.165) is 11.8 Å². The molecular weight excluding hydrogens is 267 g/mol. The summed E-state index contributed by atoms with van der Waals surface area (Å²) in [6, 6.07) is 11.8. The van der Waals surface area contributed by atoms with Gasteiger partial charge in [0.1, 0.15) is 5.82 Å². The highest BCUT2D eigenvalue weighted by Gasteiger charge is 2.15. The van der Waals surface area contributed by atoms with Crippen LogP contribution in [0.15, 0.2) is 52.3 Å². The smallest absolute Gasteiger partial charge is 0.258 e. The fraction of sp³-hybridized carbons (Fsp3) is 0. The lowest BCUT2D eigenvalue weighted by atomic mass is 10.2. The third-order valence-corrected chi connectivity index (χ3v) is 3.40. The molecule has 94 valence electrons. The first kappa shape index (κ1) is 13.1. The van der Waals surface area contributed by atoms with Crippen molar-refractivity contribution in [1.82, 2.24) is 0 Å². The second-order valence-corrected chi connectivity index (χ2v) is 4.72. The quantitative estimate of drug-likeness (QED) is 0.631. The number of halogens is 1. The average Bonchev–Trinajstić information content (AvgIpc) is 2.41. The summed E-state index contributed by atoms with van der Waals surface area (Å²) in [6.45, 7) is 0. The van der Waals surface area contributed by atoms with Crippen LogP contribution >= 0.6 is 11.8 Å². The van der Waals surface area contributed by atoms with Crippen molar-refractivity contribution >= 4 is 17.4 Å². The van der Waals surface area contributed by atoms with E-state index >= 15 is 0 Å². The minimum Gasteiger partial charge on any atom is -0.258 e. The SMILES string of the molecule is N#Cc1ccc(Sc2ccc(F)cc2)c([N+](=O)[O-])c1. The van der Waals surface area contributed by atoms with Crippen molar-refractivity contribution in [2.75, 3.05) is 0 Å². The minimum absolute atomic E-state index is 0.131. The van der Waals surface area contributed by atoms with E-state index in [0.29, 0.717) is 9.79 Å². The molecule has 0 fully saturated rings. The molecule has 19 heavy (non-hydrogen) atoms. The van der Waals surface area contributed by atoms with Crippen LogP contribution in [0.25, 0.3) is 0 Å². The van der Waals surface area contributed by atoms with Gasteiger partial charge in [-0.1, -0.05) is 11.8 Å². The van der Waals surface area contributed by atoms with Gasteiger partial charge in [-0.05, 0) is 36.4 Å². The van der Waals surface area contributed by atoms with Crippen LogP contribution in [0, 0.1) is 27.3 Å². The Balaban J connectivity index is 2.37. The number of nitro groups is 1. The molecule has 0 saturated heterocycles. The molecule has 0 aromatic heterocycles. The molecular formula is C13H7FN2O2S. The van der Waals surface area contributed by atoms with Crippen LogP contribution in [0.5, 0.6) is 0 Å². The molecule has 0 heterocycles. The Morgan fingerprint density at radius 2 is 1.89 bits per heavy atom. The molecule has 4 nitrogen and oxygen atoms in total. The molecule has 0 unspecified atom stereocenters. The maximum atomic E-state index is 12.8. The Labute approximate surface area is 112 Å². The molecule has 0 aliphatic rings. The second kappa shape index (κ2) is 5.50. The number of nitro benzene ring substituents is 1. The molecule has 0 saturated carbocycles. The standard InChI is InChI=1S/C13H7FN2O2S/c14-10-2-4-11(5-3-10)19-13-6-1-9(8-15)7-12(13)16(17)18/h1-7H. The highest BCUT2D eigenvalue weighted by Crippen LogP contribution is 2.35. The molecule has 2 aromatic carbocycles. The first-order valence-electron chi connectivity index (χ1n) is 5.22. The monoisotopic (exact) mass is 274 g/mol. The Bertz CT molecular complexity index is 665. The van der Waals surface area contributed by atoms with Crippen molar-refractivity contribution in [3.8, 4) is 6.07 Å². The summed E-state index contributed by atoms with van der Waals surface area (Å²) in [7, 11) is 0. The summed E-state index contributed by atoms with van der Waals surface area (Å²) in [5, 5.41) is 19.7. The van der Waals surface area contributed by atoms with E-state index in [1.54, 1.807) is 12.1 Å². The Morgan fingerprint density at radius 3 is 2.47 bits per heavy atom. The summed E-state index contributed by atoms with van der Waals surface area (Å²) in [4.78, 5) is 11.5. The Hall–Kier alpha value is -2.39. The van der Waals surface area contributed by atoms with E-state index in [1.807, 2.05) is 6.07 Å². The van der Waals surface area contributed by atoms with E-state index in [-0.39, 0.29) is 17.1 Å². The Morgan fingerprint density at radius 1 is 1.21 bits per heavy atom. The lowest BCUT2D eigenvalue weighted by Gasteiger charge is -2.03. The van der Waals surface area contributed by atoms with Crippen LogP contribution in [0.4, 0.5) is 10.1 Å². The first-order chi connectivity index (χ1) is 9.10. The fourth-order valence-electron chi connectivity index (χ4n) is 1.45. The maximum absolute atomic E-state index is 12.8. The maximum Gasteiger partial charge on any atom is 0.284 e. The van der Waals surface area contributed by atoms with Gasteiger partial charge in [-0.15, -0.1) is 0 Å². The van der Waals surface area contributed by atoms with Gasteiger partial charge in [-0.25, -0.2) is 4.39 Å². The van der Waals surface area contributed by atoms with Crippen LogP contribution in [0.3, 0.4) is 0 Å². The van der Waals surface area contributed by atoms with E-state index in [1.165, 1.54) is 30.3 Å². The average molecular weight is 274 g/mol. The topological polar surface area (TPSA) is 66.9 Å². The molecule has 2 aromatic rings. The number of benzene rings is 2. The normalized spacial score (nSPS) is 9.89. The Kier molecular flexibility index (Phi) is 3.78. The lowest BCUT2D eigenvalue weighted by molar-refractivity contribution is -0.387. The molecule has 0 spiro atoms. The van der Waals surface area contributed by atoms with E-state index in [2.05, 4.69) is 0 Å². The lowest BCUT2D eigenvalue weighted by Crippen LogP contribution is -1.92. The van der Waals surface area contributed by atoms with Gasteiger partial charge in [-0.2, -0.15) is 5.26 Å². The highest BCUT2D eigenvalue weighted by atomic mass is 32.2. The van der Waals surface area contributed by atoms with Crippen molar-refractivity contribution in [2.45, 2.75) is 9.79 Å². The third kappa shape index (κ3) is 3.09. The van der Waals surface area contributed by atoms with E-state index in [4.69, 9.17) is 5.26 Å². The summed E-state index contributed by atoms with van der Waals surface area (Å²) < 4.78 is 12.8. The molecule has 0 aliphatic carbocycles. The summed E-state index contributed by atoms with van der Waals surface area (Å²) in [6.07, 6.45) is 0. The predicted octanol–water partition coefficient (Wildman–Crippen LogP) is 3.76. The zero-order valence-electron chi connectivity index (χ0n) is 9.54. The van der Waals surface area contributed by atoms with Crippen molar-refractivity contribution in [3.05, 3.63) is 64.0 Å². The zero-order chi connectivity index (χ0) is 13.8. The molecule has 0 radical (unpaired) electrons. The zero-order valence-corrected chi connectivity index (χ0v) is 10.4. The first-order valence-corrected chi connectivity index (χ1v) is 6.04. The fourth-order valence-corrected chi connectivity index (χ4v) is 2.35. The molecule has 0 amide bonds. The van der Waals surface area contributed by atoms with Crippen LogP contribution in [-0.4, -0.2) is 4.92 Å². The molecule has 2 rings (SSSR count). The molecule has 0 atom stereocenters. The van der Waals surface area contributed by atoms with Crippen LogP contribution in [0.1, 0.15) is 5.56 Å². The molecule has 6 heteroatoms. The molecule has 0 bridgehead atoms. The van der Waals surface area contributed by atoms with Crippen molar-refractivity contribution in [2.24, 2.45) is 0 Å². The number of hydrogen-bond donors (Lipinski definition) is 0. The summed E-state index contributed by atoms with van der Waals surface area (Å²) in [5.74, 6) is -0.362. The van der Waals surface area contributed by atoms with Crippen molar-refractivity contribution in [3.63, 3.8) is 0 Å². The van der Waals surface area contributed by atoms with Crippen LogP contribution < -0.4 is 0 Å². The van der Waals surface area contributed by atoms with Crippen LogP contribution in [-0.2, 0) is 0 Å². The number of hydrogen-bond acceptors (Lipinski definition) is 4. The highest BCUT2D eigenvalue weighted by molar-refractivity contribution is 7.99. The van der Waals surface area contributed by atoms with Gasteiger partial charge in [0.05, 0.1) is 21.5 Å². The number of nitriles is 1. The van der Waals surface area contributed by atoms with Gasteiger partial charge < -0.3 is 0 Å². The van der Waals surface area contributed by atoms with E-state index < -0.39 is 4.92 Å². The largest absolute Gasteiger partial charge is 0.284 e. The number of rotatable bonds is 3. The van der Waals surface area contributed by atoms with Gasteiger partial charge in [-0.3, -0.25) is 10.1 Å². The summed E-state index contributed by atoms with van der Waals surface area (Å²) in [5.41, 5.74) is 0.100. The minimum atomic E-state index is -0.535. The van der Waals surface area contributed by atoms with E-state index in [9.17, 15) is 14.5 Å². The second-order valence-electron chi connectivity index (χ2n) is 3.61. The van der Waals surface area contributed by atoms with Gasteiger partial charge in [0.2, 0.25) is 0 Å².